The lowest BCUT2D eigenvalue weighted by molar-refractivity contribution is -0.137. The highest BCUT2D eigenvalue weighted by Gasteiger charge is 2.22. The topological polar surface area (TPSA) is 84.2 Å². The number of halogens is 1. The molecule has 6 nitrogen and oxygen atoms in total. The van der Waals surface area contributed by atoms with E-state index in [9.17, 15) is 14.0 Å². The van der Waals surface area contributed by atoms with E-state index in [1.165, 1.54) is 24.3 Å². The third-order valence-electron chi connectivity index (χ3n) is 3.88. The predicted molar refractivity (Wildman–Crippen MR) is 90.9 cm³/mol. The second kappa shape index (κ2) is 7.92. The van der Waals surface area contributed by atoms with Crippen LogP contribution in [0.25, 0.3) is 0 Å². The monoisotopic (exact) mass is 347 g/mol. The number of nitrogens with zero attached hydrogens (tertiary/aromatic N) is 2. The Labute approximate surface area is 145 Å². The molecule has 0 saturated heterocycles. The molecule has 0 bridgehead atoms. The molecule has 0 radical (unpaired) electrons. The van der Waals surface area contributed by atoms with Gasteiger partial charge in [0.1, 0.15) is 11.5 Å². The van der Waals surface area contributed by atoms with Crippen LogP contribution < -0.4 is 5.32 Å². The molecule has 0 saturated carbocycles. The average molecular weight is 347 g/mol. The lowest BCUT2D eigenvalue weighted by atomic mass is 10.0. The Kier molecular flexibility index (Phi) is 5.90. The highest BCUT2D eigenvalue weighted by Crippen LogP contribution is 2.20. The van der Waals surface area contributed by atoms with Crippen LogP contribution in [0.2, 0.25) is 0 Å². The molecular formula is C18H22FN3O3. The number of carboxylic acid groups (broad SMARTS) is 1. The van der Waals surface area contributed by atoms with Crippen molar-refractivity contribution in [1.82, 2.24) is 15.1 Å². The van der Waals surface area contributed by atoms with Crippen LogP contribution in [0.15, 0.2) is 30.3 Å². The summed E-state index contributed by atoms with van der Waals surface area (Å²) in [5, 5.41) is 16.2. The van der Waals surface area contributed by atoms with E-state index in [1.54, 1.807) is 10.7 Å². The molecule has 1 atom stereocenters. The fourth-order valence-corrected chi connectivity index (χ4v) is 2.50. The second-order valence-electron chi connectivity index (χ2n) is 6.10. The first-order valence-corrected chi connectivity index (χ1v) is 8.17. The van der Waals surface area contributed by atoms with E-state index in [2.05, 4.69) is 10.4 Å². The number of nitrogens with one attached hydrogen (secondary N) is 1. The lowest BCUT2D eigenvalue weighted by Crippen LogP contribution is -2.31. The second-order valence-corrected chi connectivity index (χ2v) is 6.10. The van der Waals surface area contributed by atoms with Gasteiger partial charge in [0.25, 0.3) is 5.91 Å². The summed E-state index contributed by atoms with van der Waals surface area (Å²) in [6, 6.07) is 6.38. The van der Waals surface area contributed by atoms with Crippen molar-refractivity contribution >= 4 is 11.9 Å². The zero-order chi connectivity index (χ0) is 18.6. The average Bonchev–Trinajstić information content (AvgIpc) is 2.99. The molecule has 2 N–H and O–H groups in total. The molecule has 0 aliphatic rings. The van der Waals surface area contributed by atoms with Crippen molar-refractivity contribution in [1.29, 1.82) is 0 Å². The normalized spacial score (nSPS) is 12.2. The van der Waals surface area contributed by atoms with Gasteiger partial charge in [-0.05, 0) is 36.6 Å². The maximum atomic E-state index is 13.1. The van der Waals surface area contributed by atoms with Crippen LogP contribution in [0, 0.1) is 5.82 Å². The minimum atomic E-state index is -1.05. The van der Waals surface area contributed by atoms with E-state index in [0.29, 0.717) is 17.8 Å². The van der Waals surface area contributed by atoms with Gasteiger partial charge in [-0.3, -0.25) is 14.3 Å². The fraction of sp³-hybridized carbons (Fsp3) is 0.389. The number of hydrogen-bond donors (Lipinski definition) is 2. The van der Waals surface area contributed by atoms with Gasteiger partial charge < -0.3 is 10.4 Å². The first-order chi connectivity index (χ1) is 11.8. The molecule has 1 heterocycles. The number of carboxylic acids is 1. The minimum Gasteiger partial charge on any atom is -0.481 e. The third-order valence-corrected chi connectivity index (χ3v) is 3.88. The van der Waals surface area contributed by atoms with Gasteiger partial charge in [0.2, 0.25) is 0 Å². The van der Waals surface area contributed by atoms with Crippen LogP contribution in [-0.4, -0.2) is 26.8 Å². The molecule has 134 valence electrons. The lowest BCUT2D eigenvalue weighted by Gasteiger charge is -2.17. The SMILES string of the molecule is CCn1nc(C(C)C)cc1C(=O)N[C@H](CC(=O)O)c1ccc(F)cc1. The van der Waals surface area contributed by atoms with Crippen LogP contribution in [0.3, 0.4) is 0 Å². The highest BCUT2D eigenvalue weighted by atomic mass is 19.1. The van der Waals surface area contributed by atoms with E-state index in [-0.39, 0.29) is 12.3 Å². The summed E-state index contributed by atoms with van der Waals surface area (Å²) in [4.78, 5) is 23.8. The smallest absolute Gasteiger partial charge is 0.305 e. The van der Waals surface area contributed by atoms with Crippen LogP contribution in [0.5, 0.6) is 0 Å². The van der Waals surface area contributed by atoms with E-state index >= 15 is 0 Å². The number of hydrogen-bond acceptors (Lipinski definition) is 3. The summed E-state index contributed by atoms with van der Waals surface area (Å²) in [6.45, 7) is 6.36. The maximum absolute atomic E-state index is 13.1. The Bertz CT molecular complexity index is 753. The zero-order valence-electron chi connectivity index (χ0n) is 14.5. The first kappa shape index (κ1) is 18.6. The number of amides is 1. The molecule has 25 heavy (non-hydrogen) atoms. The predicted octanol–water partition coefficient (Wildman–Crippen LogP) is 3.11. The highest BCUT2D eigenvalue weighted by molar-refractivity contribution is 5.93. The van der Waals surface area contributed by atoms with Gasteiger partial charge in [-0.1, -0.05) is 26.0 Å². The summed E-state index contributed by atoms with van der Waals surface area (Å²) < 4.78 is 14.7. The van der Waals surface area contributed by atoms with Crippen molar-refractivity contribution < 1.29 is 19.1 Å². The summed E-state index contributed by atoms with van der Waals surface area (Å²) >= 11 is 0. The Balaban J connectivity index is 2.27. The number of benzene rings is 1. The number of aryl methyl sites for hydroxylation is 1. The molecule has 2 rings (SSSR count). The van der Waals surface area contributed by atoms with Crippen molar-refractivity contribution in [3.05, 3.63) is 53.1 Å². The number of rotatable bonds is 7. The molecule has 0 unspecified atom stereocenters. The van der Waals surface area contributed by atoms with Gasteiger partial charge in [0, 0.05) is 6.54 Å². The van der Waals surface area contributed by atoms with Gasteiger partial charge >= 0.3 is 5.97 Å². The fourth-order valence-electron chi connectivity index (χ4n) is 2.50. The van der Waals surface area contributed by atoms with E-state index in [4.69, 9.17) is 5.11 Å². The Morgan fingerprint density at radius 3 is 2.44 bits per heavy atom. The van der Waals surface area contributed by atoms with Crippen LogP contribution in [0.1, 0.15) is 60.9 Å². The molecule has 2 aromatic rings. The molecule has 1 aromatic heterocycles. The zero-order valence-corrected chi connectivity index (χ0v) is 14.5. The van der Waals surface area contributed by atoms with Gasteiger partial charge in [-0.25, -0.2) is 4.39 Å². The molecule has 1 aromatic carbocycles. The van der Waals surface area contributed by atoms with Gasteiger partial charge in [-0.15, -0.1) is 0 Å². The Morgan fingerprint density at radius 1 is 1.28 bits per heavy atom. The van der Waals surface area contributed by atoms with Gasteiger partial charge in [-0.2, -0.15) is 5.10 Å². The molecular weight excluding hydrogens is 325 g/mol. The summed E-state index contributed by atoms with van der Waals surface area (Å²) in [7, 11) is 0. The van der Waals surface area contributed by atoms with Gasteiger partial charge in [0.05, 0.1) is 18.2 Å². The molecule has 0 fully saturated rings. The number of aromatic nitrogens is 2. The van der Waals surface area contributed by atoms with E-state index in [0.717, 1.165) is 5.69 Å². The summed E-state index contributed by atoms with van der Waals surface area (Å²) in [6.07, 6.45) is -0.297. The van der Waals surface area contributed by atoms with Crippen LogP contribution in [-0.2, 0) is 11.3 Å². The standard InChI is InChI=1S/C18H22FN3O3/c1-4-22-16(9-14(21-22)11(2)3)18(25)20-15(10-17(23)24)12-5-7-13(19)8-6-12/h5-9,11,15H,4,10H2,1-3H3,(H,20,25)(H,23,24)/t15-/m1/s1. The third kappa shape index (κ3) is 4.65. The number of carbonyl (C=O) groups excluding carboxylic acids is 1. The van der Waals surface area contributed by atoms with Gasteiger partial charge in [0.15, 0.2) is 0 Å². The Morgan fingerprint density at radius 2 is 1.92 bits per heavy atom. The van der Waals surface area contributed by atoms with Crippen molar-refractivity contribution in [2.75, 3.05) is 0 Å². The van der Waals surface area contributed by atoms with Crippen LogP contribution in [0.4, 0.5) is 4.39 Å². The molecule has 0 aliphatic carbocycles. The summed E-state index contributed by atoms with van der Waals surface area (Å²) in [5.74, 6) is -1.71. The first-order valence-electron chi connectivity index (χ1n) is 8.17. The van der Waals surface area contributed by atoms with E-state index in [1.807, 2.05) is 20.8 Å². The Hall–Kier alpha value is -2.70. The maximum Gasteiger partial charge on any atom is 0.305 e. The largest absolute Gasteiger partial charge is 0.481 e. The summed E-state index contributed by atoms with van der Waals surface area (Å²) in [5.41, 5.74) is 1.70. The van der Waals surface area contributed by atoms with Crippen LogP contribution >= 0.6 is 0 Å². The van der Waals surface area contributed by atoms with E-state index < -0.39 is 23.7 Å². The quantitative estimate of drug-likeness (QED) is 0.806. The van der Waals surface area contributed by atoms with Crippen molar-refractivity contribution in [2.24, 2.45) is 0 Å². The minimum absolute atomic E-state index is 0.172. The molecule has 7 heteroatoms. The number of aliphatic carboxylic acids is 1. The van der Waals surface area contributed by atoms with Crippen molar-refractivity contribution in [2.45, 2.75) is 45.7 Å². The molecule has 1 amide bonds. The van der Waals surface area contributed by atoms with Crippen molar-refractivity contribution in [3.63, 3.8) is 0 Å². The molecule has 0 spiro atoms. The van der Waals surface area contributed by atoms with Crippen molar-refractivity contribution in [3.8, 4) is 0 Å². The molecule has 0 aliphatic heterocycles. The number of carbonyl (C=O) groups is 2.